The van der Waals surface area contributed by atoms with Gasteiger partial charge in [-0.05, 0) is 0 Å². The molecule has 0 bridgehead atoms. The van der Waals surface area contributed by atoms with Crippen LogP contribution in [0.2, 0.25) is 0 Å². The number of hydrogen-bond acceptors (Lipinski definition) is 12. The topological polar surface area (TPSA) is 133 Å². The lowest BCUT2D eigenvalue weighted by atomic mass is 10.1. The van der Waals surface area contributed by atoms with E-state index in [9.17, 15) is 0 Å². The molecule has 0 saturated carbocycles. The number of hydrogen-bond donors (Lipinski definition) is 2. The van der Waals surface area contributed by atoms with Gasteiger partial charge in [0.1, 0.15) is 24.4 Å². The second kappa shape index (κ2) is 20.7. The molecular weight excluding hydrogens is 456 g/mol. The predicted molar refractivity (Wildman–Crippen MR) is 118 cm³/mol. The van der Waals surface area contributed by atoms with E-state index in [-0.39, 0.29) is 37.6 Å². The SMILES string of the molecule is OCCOCCOCCOCCO[C@H]1CO[C@H]2[C@@H]1OC[C@H]2OCCOCCOCCOCCO. The highest BCUT2D eigenvalue weighted by Gasteiger charge is 2.48. The molecule has 0 aromatic heterocycles. The minimum atomic E-state index is -0.130. The first-order chi connectivity index (χ1) is 16.9. The Labute approximate surface area is 201 Å². The molecule has 0 aliphatic carbocycles. The molecule has 202 valence electrons. The molecule has 0 spiro atoms. The highest BCUT2D eigenvalue weighted by atomic mass is 16.6. The van der Waals surface area contributed by atoms with Crippen LogP contribution >= 0.6 is 0 Å². The number of fused-ring (bicyclic) bond motifs is 1. The fourth-order valence-corrected chi connectivity index (χ4v) is 3.44. The van der Waals surface area contributed by atoms with E-state index in [1.54, 1.807) is 0 Å². The fourth-order valence-electron chi connectivity index (χ4n) is 3.44. The minimum Gasteiger partial charge on any atom is -0.394 e. The zero-order valence-electron chi connectivity index (χ0n) is 20.0. The average molecular weight is 499 g/mol. The molecule has 0 aromatic carbocycles. The number of ether oxygens (including phenoxy) is 10. The Kier molecular flexibility index (Phi) is 18.1. The van der Waals surface area contributed by atoms with Crippen molar-refractivity contribution >= 4 is 0 Å². The van der Waals surface area contributed by atoms with Crippen molar-refractivity contribution in [3.8, 4) is 0 Å². The van der Waals surface area contributed by atoms with Gasteiger partial charge >= 0.3 is 0 Å². The lowest BCUT2D eigenvalue weighted by molar-refractivity contribution is -0.0704. The molecule has 0 radical (unpaired) electrons. The van der Waals surface area contributed by atoms with Gasteiger partial charge < -0.3 is 57.6 Å². The molecule has 2 N–H and O–H groups in total. The summed E-state index contributed by atoms with van der Waals surface area (Å²) in [5.41, 5.74) is 0. The molecule has 4 atom stereocenters. The van der Waals surface area contributed by atoms with E-state index < -0.39 is 0 Å². The number of aliphatic hydroxyl groups is 2. The first kappa shape index (κ1) is 29.7. The summed E-state index contributed by atoms with van der Waals surface area (Å²) in [4.78, 5) is 0. The summed E-state index contributed by atoms with van der Waals surface area (Å²) < 4.78 is 55.4. The summed E-state index contributed by atoms with van der Waals surface area (Å²) in [6.07, 6.45) is -0.516. The van der Waals surface area contributed by atoms with Crippen molar-refractivity contribution in [2.75, 3.05) is 119 Å². The van der Waals surface area contributed by atoms with Crippen molar-refractivity contribution in [3.05, 3.63) is 0 Å². The van der Waals surface area contributed by atoms with Crippen molar-refractivity contribution in [1.29, 1.82) is 0 Å². The Hall–Kier alpha value is -0.480. The second-order valence-corrected chi connectivity index (χ2v) is 7.54. The third kappa shape index (κ3) is 13.0. The maximum Gasteiger partial charge on any atom is 0.115 e. The molecule has 2 fully saturated rings. The van der Waals surface area contributed by atoms with Crippen LogP contribution in [0.4, 0.5) is 0 Å². The van der Waals surface area contributed by atoms with Crippen LogP contribution in [0.5, 0.6) is 0 Å². The van der Waals surface area contributed by atoms with Gasteiger partial charge in [-0.15, -0.1) is 0 Å². The largest absolute Gasteiger partial charge is 0.394 e. The molecule has 12 heteroatoms. The van der Waals surface area contributed by atoms with Gasteiger partial charge in [-0.2, -0.15) is 0 Å². The molecule has 34 heavy (non-hydrogen) atoms. The van der Waals surface area contributed by atoms with Crippen molar-refractivity contribution in [1.82, 2.24) is 0 Å². The second-order valence-electron chi connectivity index (χ2n) is 7.54. The summed E-state index contributed by atoms with van der Waals surface area (Å²) in [5.74, 6) is 0. The van der Waals surface area contributed by atoms with Gasteiger partial charge in [-0.25, -0.2) is 0 Å². The monoisotopic (exact) mass is 498 g/mol. The first-order valence-corrected chi connectivity index (χ1v) is 12.0. The van der Waals surface area contributed by atoms with E-state index in [1.165, 1.54) is 0 Å². The maximum absolute atomic E-state index is 8.59. The van der Waals surface area contributed by atoms with Crippen molar-refractivity contribution in [3.63, 3.8) is 0 Å². The molecule has 0 amide bonds. The molecule has 2 heterocycles. The summed E-state index contributed by atoms with van der Waals surface area (Å²) in [6, 6.07) is 0. The lowest BCUT2D eigenvalue weighted by Gasteiger charge is -2.17. The van der Waals surface area contributed by atoms with Gasteiger partial charge in [0.15, 0.2) is 0 Å². The lowest BCUT2D eigenvalue weighted by Crippen LogP contribution is -2.35. The molecule has 2 aliphatic rings. The van der Waals surface area contributed by atoms with Crippen LogP contribution < -0.4 is 0 Å². The van der Waals surface area contributed by atoms with Crippen LogP contribution in [-0.2, 0) is 47.4 Å². The van der Waals surface area contributed by atoms with E-state index in [2.05, 4.69) is 0 Å². The van der Waals surface area contributed by atoms with Crippen LogP contribution in [0.25, 0.3) is 0 Å². The average Bonchev–Trinajstić information content (AvgIpc) is 3.44. The Morgan fingerprint density at radius 2 is 0.735 bits per heavy atom. The summed E-state index contributed by atoms with van der Waals surface area (Å²) >= 11 is 0. The van der Waals surface area contributed by atoms with Crippen molar-refractivity contribution in [2.45, 2.75) is 24.4 Å². The third-order valence-electron chi connectivity index (χ3n) is 5.04. The number of aliphatic hydroxyl groups excluding tert-OH is 2. The van der Waals surface area contributed by atoms with E-state index >= 15 is 0 Å². The molecule has 2 aliphatic heterocycles. The molecule has 2 rings (SSSR count). The zero-order chi connectivity index (χ0) is 24.1. The minimum absolute atomic E-state index is 0.0201. The van der Waals surface area contributed by atoms with Gasteiger partial charge in [-0.1, -0.05) is 0 Å². The van der Waals surface area contributed by atoms with Crippen molar-refractivity contribution < 1.29 is 57.6 Å². The molecule has 0 unspecified atom stereocenters. The molecule has 2 saturated heterocycles. The van der Waals surface area contributed by atoms with Gasteiger partial charge in [0.25, 0.3) is 0 Å². The van der Waals surface area contributed by atoms with Gasteiger partial charge in [-0.3, -0.25) is 0 Å². The molecular formula is C22H42O12. The fraction of sp³-hybridized carbons (Fsp3) is 1.00. The van der Waals surface area contributed by atoms with Crippen LogP contribution in [-0.4, -0.2) is 154 Å². The highest BCUT2D eigenvalue weighted by Crippen LogP contribution is 2.30. The van der Waals surface area contributed by atoms with Gasteiger partial charge in [0.05, 0.1) is 119 Å². The molecule has 12 nitrogen and oxygen atoms in total. The first-order valence-electron chi connectivity index (χ1n) is 12.0. The van der Waals surface area contributed by atoms with E-state index in [0.29, 0.717) is 106 Å². The van der Waals surface area contributed by atoms with Gasteiger partial charge in [0, 0.05) is 0 Å². The van der Waals surface area contributed by atoms with Crippen LogP contribution in [0, 0.1) is 0 Å². The zero-order valence-corrected chi connectivity index (χ0v) is 20.0. The Morgan fingerprint density at radius 1 is 0.441 bits per heavy atom. The van der Waals surface area contributed by atoms with E-state index in [0.717, 1.165) is 0 Å². The van der Waals surface area contributed by atoms with Crippen LogP contribution in [0.1, 0.15) is 0 Å². The summed E-state index contributed by atoms with van der Waals surface area (Å²) in [7, 11) is 0. The normalized spacial score (nSPS) is 24.2. The smallest absolute Gasteiger partial charge is 0.115 e. The highest BCUT2D eigenvalue weighted by molar-refractivity contribution is 4.95. The summed E-state index contributed by atoms with van der Waals surface area (Å²) in [6.45, 7) is 7.30. The Morgan fingerprint density at radius 3 is 1.06 bits per heavy atom. The van der Waals surface area contributed by atoms with Crippen LogP contribution in [0.15, 0.2) is 0 Å². The summed E-state index contributed by atoms with van der Waals surface area (Å²) in [5, 5.41) is 17.2. The molecule has 0 aromatic rings. The maximum atomic E-state index is 8.59. The van der Waals surface area contributed by atoms with Crippen molar-refractivity contribution in [2.24, 2.45) is 0 Å². The van der Waals surface area contributed by atoms with E-state index in [1.807, 2.05) is 0 Å². The number of rotatable bonds is 24. The van der Waals surface area contributed by atoms with Crippen LogP contribution in [0.3, 0.4) is 0 Å². The standard InChI is InChI=1S/C22H42O12/c23-1-3-25-5-7-27-9-11-29-13-15-31-19-17-33-22-20(18-34-21(19)22)32-16-14-30-12-10-28-8-6-26-4-2-24/h19-24H,1-18H2/t19-,20+,21-,22-/m1/s1. The van der Waals surface area contributed by atoms with Gasteiger partial charge in [0.2, 0.25) is 0 Å². The quantitative estimate of drug-likeness (QED) is 0.152. The third-order valence-corrected chi connectivity index (χ3v) is 5.04. The van der Waals surface area contributed by atoms with E-state index in [4.69, 9.17) is 57.6 Å². The Bertz CT molecular complexity index is 418. The Balaban J connectivity index is 1.38. The predicted octanol–water partition coefficient (Wildman–Crippen LogP) is -1.36.